The number of aliphatic carboxylic acids is 2. The van der Waals surface area contributed by atoms with Crippen LogP contribution in [0.3, 0.4) is 0 Å². The molecule has 2 heterocycles. The summed E-state index contributed by atoms with van der Waals surface area (Å²) in [6, 6.07) is 17.3. The fourth-order valence-electron chi connectivity index (χ4n) is 5.73. The standard InChI is InChI=1S/C23H28Br2N2.C4H4O4/c1-22-13-23(2,16-26(14-22)11-18-7-3-5-9-20(18)24)17-27(15-22)12-19-8-4-6-10-21(19)25;5-3(6)1-2-4(7)8/h3-10H,11-17H2,1-2H3;1-2H,(H,5,6)(H,7,8)/b;2-1+. The first-order chi connectivity index (χ1) is 16.5. The third-order valence-corrected chi connectivity index (χ3v) is 7.89. The van der Waals surface area contributed by atoms with Crippen molar-refractivity contribution < 1.29 is 19.8 Å². The molecule has 0 radical (unpaired) electrons. The summed E-state index contributed by atoms with van der Waals surface area (Å²) in [5.41, 5.74) is 3.51. The van der Waals surface area contributed by atoms with E-state index < -0.39 is 11.9 Å². The molecule has 2 bridgehead atoms. The van der Waals surface area contributed by atoms with E-state index in [0.717, 1.165) is 13.1 Å². The van der Waals surface area contributed by atoms with Crippen LogP contribution in [0.2, 0.25) is 0 Å². The number of rotatable bonds is 6. The smallest absolute Gasteiger partial charge is 0.328 e. The van der Waals surface area contributed by atoms with Gasteiger partial charge in [-0.1, -0.05) is 82.1 Å². The van der Waals surface area contributed by atoms with Crippen LogP contribution in [0.4, 0.5) is 0 Å². The SMILES string of the molecule is CC12CN(Cc3ccccc3Br)CC(C)(CN(Cc3ccccc3Br)C1)C2.O=C(O)/C=C/C(=O)O. The minimum atomic E-state index is -1.26. The van der Waals surface area contributed by atoms with Crippen LogP contribution < -0.4 is 0 Å². The van der Waals surface area contributed by atoms with Crippen molar-refractivity contribution in [3.8, 4) is 0 Å². The van der Waals surface area contributed by atoms with E-state index in [1.165, 1.54) is 52.7 Å². The predicted octanol–water partition coefficient (Wildman–Crippen LogP) is 5.66. The van der Waals surface area contributed by atoms with Crippen LogP contribution in [0.15, 0.2) is 69.6 Å². The van der Waals surface area contributed by atoms with Crippen LogP contribution in [0.5, 0.6) is 0 Å². The number of fused-ring (bicyclic) bond motifs is 2. The van der Waals surface area contributed by atoms with E-state index in [-0.39, 0.29) is 0 Å². The fourth-order valence-corrected chi connectivity index (χ4v) is 6.55. The van der Waals surface area contributed by atoms with Gasteiger partial charge in [-0.3, -0.25) is 9.80 Å². The second-order valence-corrected chi connectivity index (χ2v) is 12.0. The van der Waals surface area contributed by atoms with Crippen LogP contribution in [-0.4, -0.2) is 58.1 Å². The molecule has 2 aliphatic rings. The number of carboxylic acid groups (broad SMARTS) is 2. The molecule has 2 fully saturated rings. The molecule has 188 valence electrons. The Morgan fingerprint density at radius 1 is 0.771 bits per heavy atom. The zero-order valence-electron chi connectivity index (χ0n) is 20.1. The van der Waals surface area contributed by atoms with Gasteiger partial charge in [-0.2, -0.15) is 0 Å². The van der Waals surface area contributed by atoms with Gasteiger partial charge in [-0.05, 0) is 40.5 Å². The second-order valence-electron chi connectivity index (χ2n) is 10.3. The molecule has 0 atom stereocenters. The molecule has 2 aromatic carbocycles. The average Bonchev–Trinajstić information content (AvgIpc) is 2.74. The largest absolute Gasteiger partial charge is 0.478 e. The summed E-state index contributed by atoms with van der Waals surface area (Å²) < 4.78 is 2.46. The molecule has 2 aromatic rings. The second kappa shape index (κ2) is 11.8. The van der Waals surface area contributed by atoms with E-state index >= 15 is 0 Å². The van der Waals surface area contributed by atoms with Gasteiger partial charge in [0.2, 0.25) is 0 Å². The fraction of sp³-hybridized carbons (Fsp3) is 0.407. The summed E-state index contributed by atoms with van der Waals surface area (Å²) in [7, 11) is 0. The van der Waals surface area contributed by atoms with E-state index in [9.17, 15) is 9.59 Å². The molecule has 6 nitrogen and oxygen atoms in total. The van der Waals surface area contributed by atoms with Crippen LogP contribution in [-0.2, 0) is 22.7 Å². The molecule has 0 saturated carbocycles. The summed E-state index contributed by atoms with van der Waals surface area (Å²) in [5.74, 6) is -2.51. The quantitative estimate of drug-likeness (QED) is 0.413. The number of benzene rings is 2. The Labute approximate surface area is 223 Å². The summed E-state index contributed by atoms with van der Waals surface area (Å²) in [6.45, 7) is 11.8. The highest BCUT2D eigenvalue weighted by Gasteiger charge is 2.48. The van der Waals surface area contributed by atoms with Crippen molar-refractivity contribution >= 4 is 43.8 Å². The Balaban J connectivity index is 0.000000371. The number of carboxylic acids is 2. The Hall–Kier alpha value is -2.00. The summed E-state index contributed by atoms with van der Waals surface area (Å²) in [6.07, 6.45) is 2.45. The van der Waals surface area contributed by atoms with Crippen LogP contribution in [0.25, 0.3) is 0 Å². The number of halogens is 2. The molecule has 0 aromatic heterocycles. The van der Waals surface area contributed by atoms with Gasteiger partial charge < -0.3 is 10.2 Å². The molecule has 35 heavy (non-hydrogen) atoms. The van der Waals surface area contributed by atoms with Gasteiger partial charge in [-0.15, -0.1) is 0 Å². The maximum Gasteiger partial charge on any atom is 0.328 e. The lowest BCUT2D eigenvalue weighted by Crippen LogP contribution is -2.61. The molecule has 0 aliphatic carbocycles. The van der Waals surface area contributed by atoms with Gasteiger partial charge in [0.15, 0.2) is 0 Å². The highest BCUT2D eigenvalue weighted by Crippen LogP contribution is 2.46. The molecule has 2 saturated heterocycles. The van der Waals surface area contributed by atoms with E-state index in [2.05, 4.69) is 104 Å². The summed E-state index contributed by atoms with van der Waals surface area (Å²) in [4.78, 5) is 24.5. The molecule has 4 rings (SSSR count). The van der Waals surface area contributed by atoms with E-state index in [1.54, 1.807) is 0 Å². The van der Waals surface area contributed by atoms with Crippen LogP contribution in [0, 0.1) is 10.8 Å². The highest BCUT2D eigenvalue weighted by molar-refractivity contribution is 9.10. The van der Waals surface area contributed by atoms with Gasteiger partial charge in [0.05, 0.1) is 0 Å². The Morgan fingerprint density at radius 2 is 1.11 bits per heavy atom. The molecular formula is C27H32Br2N2O4. The minimum Gasteiger partial charge on any atom is -0.478 e. The third-order valence-electron chi connectivity index (χ3n) is 6.35. The lowest BCUT2D eigenvalue weighted by atomic mass is 9.65. The third kappa shape index (κ3) is 8.27. The molecule has 0 amide bonds. The zero-order chi connectivity index (χ0) is 25.6. The number of nitrogens with zero attached hydrogens (tertiary/aromatic N) is 2. The molecule has 2 aliphatic heterocycles. The van der Waals surface area contributed by atoms with Crippen molar-refractivity contribution in [3.05, 3.63) is 80.8 Å². The molecule has 0 spiro atoms. The molecule has 8 heteroatoms. The van der Waals surface area contributed by atoms with Gasteiger partial charge in [0.1, 0.15) is 0 Å². The number of likely N-dealkylation sites (tertiary alicyclic amines) is 2. The number of carbonyl (C=O) groups is 2. The zero-order valence-corrected chi connectivity index (χ0v) is 23.3. The predicted molar refractivity (Wildman–Crippen MR) is 144 cm³/mol. The Bertz CT molecular complexity index is 993. The van der Waals surface area contributed by atoms with Gasteiger partial charge in [-0.25, -0.2) is 9.59 Å². The van der Waals surface area contributed by atoms with Crippen molar-refractivity contribution in [2.75, 3.05) is 26.2 Å². The number of piperidine rings is 2. The van der Waals surface area contributed by atoms with Crippen molar-refractivity contribution in [1.82, 2.24) is 9.80 Å². The van der Waals surface area contributed by atoms with Crippen molar-refractivity contribution in [1.29, 1.82) is 0 Å². The first-order valence-corrected chi connectivity index (χ1v) is 13.1. The molecular weight excluding hydrogens is 576 g/mol. The van der Waals surface area contributed by atoms with E-state index in [0.29, 0.717) is 23.0 Å². The van der Waals surface area contributed by atoms with Gasteiger partial charge in [0.25, 0.3) is 0 Å². The Morgan fingerprint density at radius 3 is 1.43 bits per heavy atom. The van der Waals surface area contributed by atoms with E-state index in [4.69, 9.17) is 10.2 Å². The topological polar surface area (TPSA) is 81.1 Å². The minimum absolute atomic E-state index is 0.355. The van der Waals surface area contributed by atoms with Gasteiger partial charge in [0, 0.05) is 60.4 Å². The summed E-state index contributed by atoms with van der Waals surface area (Å²) in [5, 5.41) is 15.6. The van der Waals surface area contributed by atoms with E-state index in [1.807, 2.05) is 0 Å². The number of hydrogen-bond acceptors (Lipinski definition) is 4. The summed E-state index contributed by atoms with van der Waals surface area (Å²) >= 11 is 7.45. The first-order valence-electron chi connectivity index (χ1n) is 11.5. The van der Waals surface area contributed by atoms with Crippen LogP contribution >= 0.6 is 31.9 Å². The maximum atomic E-state index is 9.55. The first kappa shape index (κ1) is 27.6. The lowest BCUT2D eigenvalue weighted by molar-refractivity contribution is -0.134. The van der Waals surface area contributed by atoms with Crippen molar-refractivity contribution in [2.24, 2.45) is 10.8 Å². The highest BCUT2D eigenvalue weighted by atomic mass is 79.9. The van der Waals surface area contributed by atoms with Crippen LogP contribution in [0.1, 0.15) is 31.4 Å². The maximum absolute atomic E-state index is 9.55. The normalized spacial score (nSPS) is 24.6. The Kier molecular flexibility index (Phi) is 9.32. The van der Waals surface area contributed by atoms with Gasteiger partial charge >= 0.3 is 11.9 Å². The lowest BCUT2D eigenvalue weighted by Gasteiger charge is -2.57. The van der Waals surface area contributed by atoms with Crippen molar-refractivity contribution in [2.45, 2.75) is 33.4 Å². The molecule has 0 unspecified atom stereocenters. The average molecular weight is 608 g/mol. The number of hydrogen-bond donors (Lipinski definition) is 2. The molecule has 2 N–H and O–H groups in total. The van der Waals surface area contributed by atoms with Crippen molar-refractivity contribution in [3.63, 3.8) is 0 Å². The monoisotopic (exact) mass is 606 g/mol.